The summed E-state index contributed by atoms with van der Waals surface area (Å²) in [6, 6.07) is 18.9. The lowest BCUT2D eigenvalue weighted by molar-refractivity contribution is 0.477. The van der Waals surface area contributed by atoms with Crippen molar-refractivity contribution in [1.29, 1.82) is 0 Å². The van der Waals surface area contributed by atoms with Gasteiger partial charge in [0.05, 0.1) is 11.2 Å². The monoisotopic (exact) mass is 393 g/mol. The van der Waals surface area contributed by atoms with Crippen LogP contribution in [0, 0.1) is 13.8 Å². The molecule has 134 valence electrons. The summed E-state index contributed by atoms with van der Waals surface area (Å²) in [6.07, 6.45) is 0. The zero-order chi connectivity index (χ0) is 19.1. The van der Waals surface area contributed by atoms with Crippen LogP contribution in [-0.2, 0) is 0 Å². The summed E-state index contributed by atoms with van der Waals surface area (Å²) in [5.41, 5.74) is 6.14. The van der Waals surface area contributed by atoms with E-state index in [0.717, 1.165) is 38.9 Å². The van der Waals surface area contributed by atoms with Crippen LogP contribution in [0.1, 0.15) is 11.1 Å². The molecule has 0 fully saturated rings. The van der Waals surface area contributed by atoms with Crippen molar-refractivity contribution in [2.75, 3.05) is 0 Å². The summed E-state index contributed by atoms with van der Waals surface area (Å²) in [5.74, 6) is 0.203. The first-order chi connectivity index (χ1) is 13.0. The van der Waals surface area contributed by atoms with E-state index in [4.69, 9.17) is 28.2 Å². The normalized spacial score (nSPS) is 11.1. The second-order valence-corrected chi connectivity index (χ2v) is 7.47. The molecule has 0 unspecified atom stereocenters. The van der Waals surface area contributed by atoms with Crippen LogP contribution >= 0.6 is 23.2 Å². The van der Waals surface area contributed by atoms with Gasteiger partial charge in [0.15, 0.2) is 0 Å². The number of phenols is 1. The third-order valence-corrected chi connectivity index (χ3v) is 5.31. The van der Waals surface area contributed by atoms with Crippen LogP contribution in [0.2, 0.25) is 10.0 Å². The van der Waals surface area contributed by atoms with Gasteiger partial charge in [-0.1, -0.05) is 53.0 Å². The predicted molar refractivity (Wildman–Crippen MR) is 114 cm³/mol. The molecule has 0 aliphatic carbocycles. The van der Waals surface area contributed by atoms with Crippen LogP contribution in [0.5, 0.6) is 5.75 Å². The molecule has 0 spiro atoms. The Morgan fingerprint density at radius 1 is 0.852 bits per heavy atom. The number of aromatic nitrogens is 1. The maximum absolute atomic E-state index is 10.5. The molecule has 3 aromatic carbocycles. The van der Waals surface area contributed by atoms with Gasteiger partial charge in [0.1, 0.15) is 5.75 Å². The molecule has 0 saturated carbocycles. The van der Waals surface area contributed by atoms with Crippen molar-refractivity contribution in [2.45, 2.75) is 13.8 Å². The Labute approximate surface area is 168 Å². The molecular weight excluding hydrogens is 377 g/mol. The quantitative estimate of drug-likeness (QED) is 0.390. The first-order valence-electron chi connectivity index (χ1n) is 8.60. The maximum atomic E-state index is 10.5. The summed E-state index contributed by atoms with van der Waals surface area (Å²) in [5, 5.41) is 12.7. The van der Waals surface area contributed by atoms with Crippen molar-refractivity contribution >= 4 is 34.1 Å². The summed E-state index contributed by atoms with van der Waals surface area (Å²) in [6.45, 7) is 4.00. The van der Waals surface area contributed by atoms with E-state index in [-0.39, 0.29) is 5.75 Å². The van der Waals surface area contributed by atoms with Crippen molar-refractivity contribution in [3.05, 3.63) is 81.8 Å². The minimum absolute atomic E-state index is 0.203. The Kier molecular flexibility index (Phi) is 4.55. The summed E-state index contributed by atoms with van der Waals surface area (Å²) in [4.78, 5) is 4.84. The fourth-order valence-electron chi connectivity index (χ4n) is 3.44. The van der Waals surface area contributed by atoms with Gasteiger partial charge in [-0.05, 0) is 61.4 Å². The molecule has 0 aliphatic heterocycles. The molecule has 0 aliphatic rings. The Morgan fingerprint density at radius 2 is 1.63 bits per heavy atom. The highest BCUT2D eigenvalue weighted by Gasteiger charge is 2.18. The molecule has 1 aromatic heterocycles. The number of hydrogen-bond acceptors (Lipinski definition) is 2. The first-order valence-corrected chi connectivity index (χ1v) is 9.36. The largest absolute Gasteiger partial charge is 0.507 e. The smallest absolute Gasteiger partial charge is 0.125 e. The number of pyridine rings is 1. The lowest BCUT2D eigenvalue weighted by Gasteiger charge is -2.17. The fourth-order valence-corrected chi connectivity index (χ4v) is 3.85. The number of nitrogens with zero attached hydrogens (tertiary/aromatic N) is 1. The summed E-state index contributed by atoms with van der Waals surface area (Å²) >= 11 is 12.8. The van der Waals surface area contributed by atoms with Gasteiger partial charge in [-0.2, -0.15) is 0 Å². The van der Waals surface area contributed by atoms with E-state index in [9.17, 15) is 5.11 Å². The Morgan fingerprint density at radius 3 is 2.41 bits per heavy atom. The van der Waals surface area contributed by atoms with E-state index in [0.29, 0.717) is 15.6 Å². The van der Waals surface area contributed by atoms with Crippen molar-refractivity contribution in [3.63, 3.8) is 0 Å². The van der Waals surface area contributed by atoms with Gasteiger partial charge in [0.2, 0.25) is 0 Å². The van der Waals surface area contributed by atoms with Gasteiger partial charge in [-0.15, -0.1) is 0 Å². The average molecular weight is 394 g/mol. The highest BCUT2D eigenvalue weighted by molar-refractivity contribution is 6.34. The van der Waals surface area contributed by atoms with Crippen molar-refractivity contribution in [1.82, 2.24) is 4.98 Å². The minimum atomic E-state index is 0.203. The minimum Gasteiger partial charge on any atom is -0.507 e. The van der Waals surface area contributed by atoms with E-state index in [1.807, 2.05) is 68.4 Å². The standard InChI is InChI=1S/C23H17Cl2NO/c1-13-7-10-21(27)18(11-13)23-14(2)22(16-5-3-4-6-19(16)25)17-12-15(24)8-9-20(17)26-23/h3-12,27H,1-2H3. The second kappa shape index (κ2) is 6.88. The lowest BCUT2D eigenvalue weighted by Crippen LogP contribution is -1.96. The number of benzene rings is 3. The van der Waals surface area contributed by atoms with Gasteiger partial charge < -0.3 is 5.11 Å². The molecule has 0 saturated heterocycles. The second-order valence-electron chi connectivity index (χ2n) is 6.62. The molecule has 27 heavy (non-hydrogen) atoms. The molecule has 0 radical (unpaired) electrons. The van der Waals surface area contributed by atoms with Crippen LogP contribution < -0.4 is 0 Å². The first kappa shape index (κ1) is 17.8. The zero-order valence-corrected chi connectivity index (χ0v) is 16.4. The number of fused-ring (bicyclic) bond motifs is 1. The lowest BCUT2D eigenvalue weighted by atomic mass is 9.92. The molecule has 0 bridgehead atoms. The van der Waals surface area contributed by atoms with Gasteiger partial charge >= 0.3 is 0 Å². The molecule has 4 aromatic rings. The van der Waals surface area contributed by atoms with Gasteiger partial charge in [-0.3, -0.25) is 0 Å². The Bertz CT molecular complexity index is 1180. The van der Waals surface area contributed by atoms with Gasteiger partial charge in [0.25, 0.3) is 0 Å². The Balaban J connectivity index is 2.15. The van der Waals surface area contributed by atoms with E-state index in [2.05, 4.69) is 0 Å². The van der Waals surface area contributed by atoms with Crippen LogP contribution in [0.3, 0.4) is 0 Å². The van der Waals surface area contributed by atoms with Gasteiger partial charge in [-0.25, -0.2) is 4.98 Å². The van der Waals surface area contributed by atoms with Crippen LogP contribution in [-0.4, -0.2) is 10.1 Å². The van der Waals surface area contributed by atoms with Gasteiger partial charge in [0, 0.05) is 26.6 Å². The molecule has 2 nitrogen and oxygen atoms in total. The summed E-state index contributed by atoms with van der Waals surface area (Å²) in [7, 11) is 0. The van der Waals surface area contributed by atoms with Crippen molar-refractivity contribution in [2.24, 2.45) is 0 Å². The highest BCUT2D eigenvalue weighted by Crippen LogP contribution is 2.41. The number of phenolic OH excluding ortho intramolecular Hbond substituents is 1. The predicted octanol–water partition coefficient (Wildman–Crippen LogP) is 7.20. The molecule has 4 heteroatoms. The SMILES string of the molecule is Cc1ccc(O)c(-c2nc3ccc(Cl)cc3c(-c3ccccc3Cl)c2C)c1. The molecule has 0 amide bonds. The van der Waals surface area contributed by atoms with Crippen LogP contribution in [0.25, 0.3) is 33.3 Å². The third kappa shape index (κ3) is 3.16. The van der Waals surface area contributed by atoms with E-state index < -0.39 is 0 Å². The van der Waals surface area contributed by atoms with E-state index in [1.165, 1.54) is 0 Å². The van der Waals surface area contributed by atoms with Crippen LogP contribution in [0.4, 0.5) is 0 Å². The number of hydrogen-bond donors (Lipinski definition) is 1. The topological polar surface area (TPSA) is 33.1 Å². The van der Waals surface area contributed by atoms with E-state index in [1.54, 1.807) is 6.07 Å². The van der Waals surface area contributed by atoms with E-state index >= 15 is 0 Å². The molecule has 1 N–H and O–H groups in total. The summed E-state index contributed by atoms with van der Waals surface area (Å²) < 4.78 is 0. The number of aromatic hydroxyl groups is 1. The Hall–Kier alpha value is -2.55. The fraction of sp³-hybridized carbons (Fsp3) is 0.0870. The highest BCUT2D eigenvalue weighted by atomic mass is 35.5. The number of aryl methyl sites for hydroxylation is 1. The van der Waals surface area contributed by atoms with Crippen molar-refractivity contribution < 1.29 is 5.11 Å². The molecule has 1 heterocycles. The van der Waals surface area contributed by atoms with Crippen molar-refractivity contribution in [3.8, 4) is 28.1 Å². The third-order valence-electron chi connectivity index (χ3n) is 4.74. The average Bonchev–Trinajstić information content (AvgIpc) is 2.64. The number of rotatable bonds is 2. The van der Waals surface area contributed by atoms with Crippen LogP contribution in [0.15, 0.2) is 60.7 Å². The molecule has 0 atom stereocenters. The maximum Gasteiger partial charge on any atom is 0.125 e. The zero-order valence-electron chi connectivity index (χ0n) is 14.9. The molecule has 4 rings (SSSR count). The number of halogens is 2. The molecular formula is C23H17Cl2NO.